The summed E-state index contributed by atoms with van der Waals surface area (Å²) < 4.78 is 45.5. The lowest BCUT2D eigenvalue weighted by Crippen LogP contribution is -2.22. The van der Waals surface area contributed by atoms with Crippen molar-refractivity contribution in [3.05, 3.63) is 69.1 Å². The predicted molar refractivity (Wildman–Crippen MR) is 114 cm³/mol. The number of pyridine rings is 1. The molecule has 2 aromatic heterocycles. The molecule has 0 atom stereocenters. The number of alkyl halides is 3. The number of halogens is 3. The van der Waals surface area contributed by atoms with Gasteiger partial charge in [-0.25, -0.2) is 4.98 Å². The van der Waals surface area contributed by atoms with Gasteiger partial charge in [-0.1, -0.05) is 11.8 Å². The standard InChI is InChI=1S/C20H18F3N3O3S2/c1-12-10-30-19(24-12)31-11-15-7-16(27)17(29-2)8-26(15)9-18(28)25-14-5-3-13(4-6-14)20(21,22)23/h3-8,10H,9,11H2,1-2H3,(H,25,28). The first-order valence-electron chi connectivity index (χ1n) is 8.95. The summed E-state index contributed by atoms with van der Waals surface area (Å²) in [5.74, 6) is 0.0303. The number of carbonyl (C=O) groups is 1. The lowest BCUT2D eigenvalue weighted by molar-refractivity contribution is -0.137. The largest absolute Gasteiger partial charge is 0.491 e. The van der Waals surface area contributed by atoms with Gasteiger partial charge in [-0.3, -0.25) is 9.59 Å². The highest BCUT2D eigenvalue weighted by Gasteiger charge is 2.30. The summed E-state index contributed by atoms with van der Waals surface area (Å²) in [5.41, 5.74) is 0.613. The molecular weight excluding hydrogens is 451 g/mol. The smallest absolute Gasteiger partial charge is 0.416 e. The number of aryl methyl sites for hydroxylation is 1. The lowest BCUT2D eigenvalue weighted by Gasteiger charge is -2.15. The highest BCUT2D eigenvalue weighted by atomic mass is 32.2. The van der Waals surface area contributed by atoms with E-state index in [1.807, 2.05) is 12.3 Å². The minimum atomic E-state index is -4.45. The van der Waals surface area contributed by atoms with Gasteiger partial charge in [0.2, 0.25) is 11.3 Å². The quantitative estimate of drug-likeness (QED) is 0.513. The number of carbonyl (C=O) groups excluding carboxylic acids is 1. The van der Waals surface area contributed by atoms with E-state index in [-0.39, 0.29) is 23.4 Å². The van der Waals surface area contributed by atoms with Gasteiger partial charge in [0.15, 0.2) is 5.75 Å². The normalized spacial score (nSPS) is 11.4. The second kappa shape index (κ2) is 9.56. The van der Waals surface area contributed by atoms with Crippen LogP contribution in [0.4, 0.5) is 18.9 Å². The predicted octanol–water partition coefficient (Wildman–Crippen LogP) is 4.57. The van der Waals surface area contributed by atoms with Crippen molar-refractivity contribution < 1.29 is 22.7 Å². The zero-order valence-electron chi connectivity index (χ0n) is 16.5. The van der Waals surface area contributed by atoms with E-state index in [1.54, 1.807) is 4.57 Å². The summed E-state index contributed by atoms with van der Waals surface area (Å²) in [7, 11) is 1.36. The number of benzene rings is 1. The molecule has 31 heavy (non-hydrogen) atoms. The summed E-state index contributed by atoms with van der Waals surface area (Å²) in [6.45, 7) is 1.74. The molecule has 3 rings (SSSR count). The number of thiazole rings is 1. The van der Waals surface area contributed by atoms with Crippen LogP contribution in [0.25, 0.3) is 0 Å². The molecule has 0 radical (unpaired) electrons. The molecule has 0 unspecified atom stereocenters. The molecule has 11 heteroatoms. The van der Waals surface area contributed by atoms with Crippen molar-refractivity contribution >= 4 is 34.7 Å². The zero-order chi connectivity index (χ0) is 22.6. The van der Waals surface area contributed by atoms with E-state index in [1.165, 1.54) is 54.6 Å². The van der Waals surface area contributed by atoms with Gasteiger partial charge in [0, 0.05) is 34.3 Å². The first-order valence-corrected chi connectivity index (χ1v) is 10.8. The molecule has 0 fully saturated rings. The summed E-state index contributed by atoms with van der Waals surface area (Å²) in [6, 6.07) is 5.58. The summed E-state index contributed by atoms with van der Waals surface area (Å²) in [5, 5.41) is 4.48. The Hall–Kier alpha value is -2.79. The van der Waals surface area contributed by atoms with Crippen molar-refractivity contribution in [3.63, 3.8) is 0 Å². The average molecular weight is 470 g/mol. The molecule has 6 nitrogen and oxygen atoms in total. The Morgan fingerprint density at radius 1 is 1.29 bits per heavy atom. The highest BCUT2D eigenvalue weighted by Crippen LogP contribution is 2.30. The van der Waals surface area contributed by atoms with Crippen molar-refractivity contribution in [1.29, 1.82) is 0 Å². The summed E-state index contributed by atoms with van der Waals surface area (Å²) in [6.07, 6.45) is -3.00. The van der Waals surface area contributed by atoms with E-state index in [0.717, 1.165) is 22.2 Å². The number of aromatic nitrogens is 2. The number of ether oxygens (including phenoxy) is 1. The number of rotatable bonds is 7. The van der Waals surface area contributed by atoms with Gasteiger partial charge in [0.25, 0.3) is 0 Å². The third-order valence-electron chi connectivity index (χ3n) is 4.15. The van der Waals surface area contributed by atoms with Crippen LogP contribution in [0.5, 0.6) is 5.75 Å². The number of nitrogens with zero attached hydrogens (tertiary/aromatic N) is 2. The van der Waals surface area contributed by atoms with Crippen molar-refractivity contribution in [2.75, 3.05) is 12.4 Å². The topological polar surface area (TPSA) is 73.2 Å². The van der Waals surface area contributed by atoms with Gasteiger partial charge in [-0.05, 0) is 31.2 Å². The molecule has 1 aromatic carbocycles. The van der Waals surface area contributed by atoms with E-state index in [9.17, 15) is 22.8 Å². The molecule has 0 spiro atoms. The molecule has 1 amide bonds. The molecule has 0 aliphatic carbocycles. The molecule has 0 aliphatic rings. The number of hydrogen-bond acceptors (Lipinski definition) is 6. The van der Waals surface area contributed by atoms with E-state index in [0.29, 0.717) is 11.4 Å². The van der Waals surface area contributed by atoms with Crippen molar-refractivity contribution in [1.82, 2.24) is 9.55 Å². The summed E-state index contributed by atoms with van der Waals surface area (Å²) >= 11 is 2.92. The summed E-state index contributed by atoms with van der Waals surface area (Å²) in [4.78, 5) is 29.0. The first kappa shape index (κ1) is 22.9. The molecule has 0 bridgehead atoms. The van der Waals surface area contributed by atoms with E-state index < -0.39 is 17.6 Å². The van der Waals surface area contributed by atoms with Gasteiger partial charge in [0.1, 0.15) is 10.9 Å². The molecule has 2 heterocycles. The minimum Gasteiger partial charge on any atom is -0.491 e. The first-order chi connectivity index (χ1) is 14.7. The maximum Gasteiger partial charge on any atom is 0.416 e. The third-order valence-corrected chi connectivity index (χ3v) is 6.33. The minimum absolute atomic E-state index is 0.0844. The Bertz CT molecular complexity index is 1130. The number of hydrogen-bond donors (Lipinski definition) is 1. The zero-order valence-corrected chi connectivity index (χ0v) is 18.2. The van der Waals surface area contributed by atoms with Crippen LogP contribution < -0.4 is 15.5 Å². The van der Waals surface area contributed by atoms with Crippen LogP contribution in [0.3, 0.4) is 0 Å². The Morgan fingerprint density at radius 2 is 2.00 bits per heavy atom. The Kier molecular flexibility index (Phi) is 7.06. The SMILES string of the molecule is COc1cn(CC(=O)Nc2ccc(C(F)(F)F)cc2)c(CSc2nc(C)cs2)cc1=O. The van der Waals surface area contributed by atoms with E-state index in [2.05, 4.69) is 10.3 Å². The number of nitrogens with one attached hydrogen (secondary N) is 1. The molecule has 0 saturated heterocycles. The maximum absolute atomic E-state index is 12.7. The average Bonchev–Trinajstić information content (AvgIpc) is 3.12. The number of anilines is 1. The number of methoxy groups -OCH3 is 1. The molecule has 0 aliphatic heterocycles. The van der Waals surface area contributed by atoms with Crippen LogP contribution in [0.15, 0.2) is 51.0 Å². The molecule has 3 aromatic rings. The van der Waals surface area contributed by atoms with Crippen LogP contribution in [0.1, 0.15) is 17.0 Å². The van der Waals surface area contributed by atoms with Gasteiger partial charge in [-0.2, -0.15) is 13.2 Å². The van der Waals surface area contributed by atoms with Gasteiger partial charge < -0.3 is 14.6 Å². The highest BCUT2D eigenvalue weighted by molar-refractivity contribution is 8.00. The molecular formula is C20H18F3N3O3S2. The van der Waals surface area contributed by atoms with Crippen LogP contribution >= 0.6 is 23.1 Å². The van der Waals surface area contributed by atoms with Gasteiger partial charge in [-0.15, -0.1) is 11.3 Å². The van der Waals surface area contributed by atoms with Gasteiger partial charge in [0.05, 0.1) is 18.9 Å². The van der Waals surface area contributed by atoms with Gasteiger partial charge >= 0.3 is 6.18 Å². The lowest BCUT2D eigenvalue weighted by atomic mass is 10.2. The van der Waals surface area contributed by atoms with E-state index >= 15 is 0 Å². The second-order valence-corrected chi connectivity index (χ2v) is 8.57. The Morgan fingerprint density at radius 3 is 2.58 bits per heavy atom. The Balaban J connectivity index is 1.75. The maximum atomic E-state index is 12.7. The number of thioether (sulfide) groups is 1. The van der Waals surface area contributed by atoms with Crippen molar-refractivity contribution in [3.8, 4) is 5.75 Å². The fraction of sp³-hybridized carbons (Fsp3) is 0.250. The van der Waals surface area contributed by atoms with Crippen molar-refractivity contribution in [2.24, 2.45) is 0 Å². The molecule has 1 N–H and O–H groups in total. The van der Waals surface area contributed by atoms with E-state index in [4.69, 9.17) is 4.74 Å². The van der Waals surface area contributed by atoms with Crippen LogP contribution in [-0.4, -0.2) is 22.6 Å². The molecule has 164 valence electrons. The van der Waals surface area contributed by atoms with Crippen LogP contribution in [0.2, 0.25) is 0 Å². The fourth-order valence-corrected chi connectivity index (χ4v) is 4.49. The Labute approximate surface area is 184 Å². The number of amides is 1. The molecule has 0 saturated carbocycles. The van der Waals surface area contributed by atoms with Crippen LogP contribution in [0, 0.1) is 6.92 Å². The van der Waals surface area contributed by atoms with Crippen LogP contribution in [-0.2, 0) is 23.3 Å². The second-order valence-electron chi connectivity index (χ2n) is 6.49. The third kappa shape index (κ3) is 6.11. The fourth-order valence-electron chi connectivity index (χ4n) is 2.65. The van der Waals surface area contributed by atoms with Crippen molar-refractivity contribution in [2.45, 2.75) is 29.7 Å². The monoisotopic (exact) mass is 469 g/mol.